The van der Waals surface area contributed by atoms with Gasteiger partial charge in [-0.25, -0.2) is 0 Å². The first kappa shape index (κ1) is 9.99. The van der Waals surface area contributed by atoms with Crippen molar-refractivity contribution >= 4 is 0 Å². The van der Waals surface area contributed by atoms with E-state index < -0.39 is 0 Å². The normalized spacial score (nSPS) is 7.00. The van der Waals surface area contributed by atoms with E-state index in [0.717, 1.165) is 0 Å². The number of unbranched alkanes of at least 4 members (excludes halogenated alkanes) is 2. The van der Waals surface area contributed by atoms with Crippen LogP contribution in [0, 0.1) is 0 Å². The average Bonchev–Trinajstić information content (AvgIpc) is 1.41. The molecule has 0 radical (unpaired) electrons. The van der Waals surface area contributed by atoms with E-state index in [1.54, 1.807) is 0 Å². The maximum absolute atomic E-state index is 2.21. The fraction of sp³-hybridized carbons (Fsp3) is 1.00. The summed E-state index contributed by atoms with van der Waals surface area (Å²) in [4.78, 5) is 0. The second-order valence-electron chi connectivity index (χ2n) is 1.35. The molecule has 0 aromatic rings. The summed E-state index contributed by atoms with van der Waals surface area (Å²) in [5, 5.41) is 0. The molecule has 0 fully saturated rings. The third kappa shape index (κ3) is 8.86. The smallest absolute Gasteiger partial charge is 0 e. The summed E-state index contributed by atoms with van der Waals surface area (Å²) >= 11 is 0. The van der Waals surface area contributed by atoms with Crippen molar-refractivity contribution in [2.75, 3.05) is 0 Å². The van der Waals surface area contributed by atoms with Crippen molar-refractivity contribution in [1.29, 1.82) is 0 Å². The van der Waals surface area contributed by atoms with Gasteiger partial charge in [-0.1, -0.05) is 33.1 Å². The first-order chi connectivity index (χ1) is 2.41. The van der Waals surface area contributed by atoms with Crippen LogP contribution in [-0.4, -0.2) is 0 Å². The van der Waals surface area contributed by atoms with Crippen LogP contribution in [-0.2, 0) is 26.2 Å². The van der Waals surface area contributed by atoms with Crippen LogP contribution < -0.4 is 0 Å². The molecule has 0 aromatic heterocycles. The molecule has 0 aliphatic heterocycles. The molecule has 0 nitrogen and oxygen atoms in total. The van der Waals surface area contributed by atoms with Gasteiger partial charge in [0.1, 0.15) is 0 Å². The molecule has 1 heteroatoms. The number of hydrogen-bond donors (Lipinski definition) is 0. The van der Waals surface area contributed by atoms with Gasteiger partial charge in [0, 0.05) is 26.2 Å². The fourth-order valence-corrected chi connectivity index (χ4v) is 0.354. The summed E-state index contributed by atoms with van der Waals surface area (Å²) in [6.45, 7) is 4.42. The van der Waals surface area contributed by atoms with E-state index in [2.05, 4.69) is 13.8 Å². The predicted octanol–water partition coefficient (Wildman–Crippen LogP) is 2.19. The Morgan fingerprint density at radius 3 is 1.33 bits per heavy atom. The third-order valence-corrected chi connectivity index (χ3v) is 0.707. The average molecular weight is 163 g/mol. The van der Waals surface area contributed by atoms with Crippen molar-refractivity contribution in [3.63, 3.8) is 0 Å². The molecule has 0 atom stereocenters. The van der Waals surface area contributed by atoms with E-state index >= 15 is 0 Å². The standard InChI is InChI=1S/C5H12.Zr/c1-3-5-4-2;/h3-5H2,1-2H3;. The van der Waals surface area contributed by atoms with Gasteiger partial charge in [0.05, 0.1) is 0 Å². The van der Waals surface area contributed by atoms with Gasteiger partial charge in [0.2, 0.25) is 0 Å². The van der Waals surface area contributed by atoms with Crippen molar-refractivity contribution in [3.05, 3.63) is 0 Å². The van der Waals surface area contributed by atoms with Crippen molar-refractivity contribution in [2.24, 2.45) is 0 Å². The van der Waals surface area contributed by atoms with Crippen LogP contribution in [0.15, 0.2) is 0 Å². The van der Waals surface area contributed by atoms with E-state index in [1.807, 2.05) is 0 Å². The molecule has 0 aromatic carbocycles. The zero-order valence-electron chi connectivity index (χ0n) is 4.62. The summed E-state index contributed by atoms with van der Waals surface area (Å²) in [6.07, 6.45) is 4.08. The minimum absolute atomic E-state index is 0. The topological polar surface area (TPSA) is 0 Å². The summed E-state index contributed by atoms with van der Waals surface area (Å²) in [5.41, 5.74) is 0. The van der Waals surface area contributed by atoms with Crippen molar-refractivity contribution < 1.29 is 26.2 Å². The molecule has 0 saturated carbocycles. The summed E-state index contributed by atoms with van der Waals surface area (Å²) in [7, 11) is 0. The fourth-order valence-electron chi connectivity index (χ4n) is 0.354. The Balaban J connectivity index is 0. The number of rotatable bonds is 2. The zero-order valence-corrected chi connectivity index (χ0v) is 7.08. The minimum atomic E-state index is 0. The van der Waals surface area contributed by atoms with E-state index in [-0.39, 0.29) is 26.2 Å². The second kappa shape index (κ2) is 9.30. The Morgan fingerprint density at radius 1 is 1.00 bits per heavy atom. The Labute approximate surface area is 59.4 Å². The van der Waals surface area contributed by atoms with Crippen molar-refractivity contribution in [1.82, 2.24) is 0 Å². The summed E-state index contributed by atoms with van der Waals surface area (Å²) < 4.78 is 0. The molecule has 0 aliphatic rings. The largest absolute Gasteiger partial charge is 0.0654 e. The van der Waals surface area contributed by atoms with Crippen molar-refractivity contribution in [2.45, 2.75) is 33.1 Å². The Kier molecular flexibility index (Phi) is 15.5. The van der Waals surface area contributed by atoms with Crippen LogP contribution in [0.3, 0.4) is 0 Å². The molecule has 0 saturated heterocycles. The van der Waals surface area contributed by atoms with Crippen LogP contribution in [0.1, 0.15) is 33.1 Å². The first-order valence-electron chi connectivity index (χ1n) is 2.41. The van der Waals surface area contributed by atoms with Crippen molar-refractivity contribution in [3.8, 4) is 0 Å². The van der Waals surface area contributed by atoms with Gasteiger partial charge in [0.15, 0.2) is 0 Å². The molecule has 0 rings (SSSR count). The molecule has 0 aliphatic carbocycles. The van der Waals surface area contributed by atoms with Gasteiger partial charge in [-0.3, -0.25) is 0 Å². The van der Waals surface area contributed by atoms with Crippen LogP contribution in [0.2, 0.25) is 0 Å². The molecule has 36 valence electrons. The predicted molar refractivity (Wildman–Crippen MR) is 25.2 cm³/mol. The van der Waals surface area contributed by atoms with Crippen LogP contribution in [0.25, 0.3) is 0 Å². The zero-order chi connectivity index (χ0) is 4.12. The molecule has 0 amide bonds. The molecule has 0 bridgehead atoms. The molecule has 6 heavy (non-hydrogen) atoms. The molecule has 0 unspecified atom stereocenters. The molecular weight excluding hydrogens is 151 g/mol. The van der Waals surface area contributed by atoms with Gasteiger partial charge in [-0.15, -0.1) is 0 Å². The van der Waals surface area contributed by atoms with Gasteiger partial charge in [-0.2, -0.15) is 0 Å². The van der Waals surface area contributed by atoms with Crippen LogP contribution in [0.4, 0.5) is 0 Å². The SMILES string of the molecule is CCCCC.[Zr]. The van der Waals surface area contributed by atoms with E-state index in [4.69, 9.17) is 0 Å². The minimum Gasteiger partial charge on any atom is -0.0654 e. The maximum atomic E-state index is 2.21. The van der Waals surface area contributed by atoms with E-state index in [0.29, 0.717) is 0 Å². The van der Waals surface area contributed by atoms with Crippen LogP contribution >= 0.6 is 0 Å². The Morgan fingerprint density at radius 2 is 1.33 bits per heavy atom. The molecule has 0 heterocycles. The molecule has 0 spiro atoms. The Bertz CT molecular complexity index is 11.4. The van der Waals surface area contributed by atoms with E-state index in [9.17, 15) is 0 Å². The maximum Gasteiger partial charge on any atom is 0 e. The quantitative estimate of drug-likeness (QED) is 0.585. The second-order valence-corrected chi connectivity index (χ2v) is 1.35. The Hall–Kier alpha value is 0.883. The monoisotopic (exact) mass is 162 g/mol. The van der Waals surface area contributed by atoms with Crippen LogP contribution in [0.5, 0.6) is 0 Å². The molecule has 0 N–H and O–H groups in total. The van der Waals surface area contributed by atoms with Gasteiger partial charge >= 0.3 is 0 Å². The van der Waals surface area contributed by atoms with E-state index in [1.165, 1.54) is 19.3 Å². The molecular formula is C5H12Zr. The third-order valence-electron chi connectivity index (χ3n) is 0.707. The number of hydrogen-bond acceptors (Lipinski definition) is 0. The first-order valence-corrected chi connectivity index (χ1v) is 2.41. The summed E-state index contributed by atoms with van der Waals surface area (Å²) in [6, 6.07) is 0. The summed E-state index contributed by atoms with van der Waals surface area (Å²) in [5.74, 6) is 0. The van der Waals surface area contributed by atoms with Gasteiger partial charge < -0.3 is 0 Å². The van der Waals surface area contributed by atoms with Gasteiger partial charge in [0.25, 0.3) is 0 Å². The van der Waals surface area contributed by atoms with Gasteiger partial charge in [-0.05, 0) is 0 Å².